The maximum absolute atomic E-state index is 13.9. The Kier molecular flexibility index (Phi) is 9.94. The van der Waals surface area contributed by atoms with Gasteiger partial charge in [0.1, 0.15) is 5.82 Å². The van der Waals surface area contributed by atoms with E-state index in [0.29, 0.717) is 23.1 Å². The molecule has 7 heteroatoms. The summed E-state index contributed by atoms with van der Waals surface area (Å²) in [6, 6.07) is 12.8. The predicted molar refractivity (Wildman–Crippen MR) is 126 cm³/mol. The Morgan fingerprint density at radius 2 is 1.74 bits per heavy atom. The van der Waals surface area contributed by atoms with Gasteiger partial charge in [-0.3, -0.25) is 0 Å². The first-order chi connectivity index (χ1) is 15.2. The topological polar surface area (TPSA) is 81.6 Å². The third-order valence-corrected chi connectivity index (χ3v) is 4.97. The number of hydrogen-bond donors (Lipinski definition) is 2. The highest BCUT2D eigenvalue weighted by molar-refractivity contribution is 5.76. The SMILES string of the molecule is CC.CC.Nc1ccc(NC2CCCCC2)c(-c2nnn(Cc3ccccc3F)n2)c1. The van der Waals surface area contributed by atoms with Crippen LogP contribution >= 0.6 is 0 Å². The normalized spacial score (nSPS) is 13.5. The molecule has 31 heavy (non-hydrogen) atoms. The van der Waals surface area contributed by atoms with Crippen molar-refractivity contribution in [3.63, 3.8) is 0 Å². The van der Waals surface area contributed by atoms with Gasteiger partial charge >= 0.3 is 0 Å². The summed E-state index contributed by atoms with van der Waals surface area (Å²) in [4.78, 5) is 1.40. The monoisotopic (exact) mass is 426 g/mol. The largest absolute Gasteiger partial charge is 0.399 e. The van der Waals surface area contributed by atoms with E-state index in [1.807, 2.05) is 45.9 Å². The number of rotatable bonds is 5. The number of halogens is 1. The zero-order valence-corrected chi connectivity index (χ0v) is 19.1. The molecule has 0 radical (unpaired) electrons. The van der Waals surface area contributed by atoms with Crippen LogP contribution in [0.5, 0.6) is 0 Å². The average molecular weight is 427 g/mol. The molecule has 3 N–H and O–H groups in total. The number of aromatic nitrogens is 4. The summed E-state index contributed by atoms with van der Waals surface area (Å²) < 4.78 is 13.9. The molecule has 1 aliphatic rings. The smallest absolute Gasteiger partial charge is 0.207 e. The second-order valence-electron chi connectivity index (χ2n) is 7.02. The molecule has 1 aromatic heterocycles. The van der Waals surface area contributed by atoms with E-state index in [2.05, 4.69) is 20.7 Å². The van der Waals surface area contributed by atoms with Gasteiger partial charge in [0, 0.05) is 28.5 Å². The lowest BCUT2D eigenvalue weighted by Gasteiger charge is -2.24. The second kappa shape index (κ2) is 12.7. The quantitative estimate of drug-likeness (QED) is 0.496. The van der Waals surface area contributed by atoms with Gasteiger partial charge in [0.05, 0.1) is 6.54 Å². The first-order valence-electron chi connectivity index (χ1n) is 11.4. The molecule has 0 atom stereocenters. The number of nitrogen functional groups attached to an aromatic ring is 1. The maximum atomic E-state index is 13.9. The van der Waals surface area contributed by atoms with Crippen LogP contribution in [0, 0.1) is 5.82 Å². The summed E-state index contributed by atoms with van der Waals surface area (Å²) >= 11 is 0. The van der Waals surface area contributed by atoms with Gasteiger partial charge in [0.2, 0.25) is 5.82 Å². The molecule has 6 nitrogen and oxygen atoms in total. The van der Waals surface area contributed by atoms with Crippen molar-refractivity contribution in [1.29, 1.82) is 0 Å². The minimum atomic E-state index is -0.278. The Bertz CT molecular complexity index is 918. The molecule has 168 valence electrons. The van der Waals surface area contributed by atoms with Crippen LogP contribution in [0.15, 0.2) is 42.5 Å². The average Bonchev–Trinajstić information content (AvgIpc) is 3.28. The van der Waals surface area contributed by atoms with Crippen LogP contribution in [0.4, 0.5) is 15.8 Å². The summed E-state index contributed by atoms with van der Waals surface area (Å²) in [6.07, 6.45) is 6.13. The van der Waals surface area contributed by atoms with E-state index in [0.717, 1.165) is 24.1 Å². The van der Waals surface area contributed by atoms with Crippen molar-refractivity contribution < 1.29 is 4.39 Å². The number of nitrogens with one attached hydrogen (secondary N) is 1. The van der Waals surface area contributed by atoms with Crippen LogP contribution in [0.1, 0.15) is 65.4 Å². The second-order valence-corrected chi connectivity index (χ2v) is 7.02. The van der Waals surface area contributed by atoms with Crippen molar-refractivity contribution in [3.8, 4) is 11.4 Å². The Labute approximate surface area is 185 Å². The van der Waals surface area contributed by atoms with Gasteiger partial charge in [0.25, 0.3) is 0 Å². The van der Waals surface area contributed by atoms with E-state index in [9.17, 15) is 4.39 Å². The summed E-state index contributed by atoms with van der Waals surface area (Å²) in [6.45, 7) is 8.23. The Balaban J connectivity index is 0.000000807. The van der Waals surface area contributed by atoms with Crippen LogP contribution in [-0.4, -0.2) is 26.2 Å². The minimum Gasteiger partial charge on any atom is -0.399 e. The van der Waals surface area contributed by atoms with E-state index in [4.69, 9.17) is 5.73 Å². The Hall–Kier alpha value is -2.96. The number of nitrogens with zero attached hydrogens (tertiary/aromatic N) is 4. The van der Waals surface area contributed by atoms with Gasteiger partial charge in [-0.15, -0.1) is 10.2 Å². The van der Waals surface area contributed by atoms with Crippen molar-refractivity contribution in [2.24, 2.45) is 0 Å². The van der Waals surface area contributed by atoms with Crippen molar-refractivity contribution in [2.75, 3.05) is 11.1 Å². The highest BCUT2D eigenvalue weighted by atomic mass is 19.1. The third kappa shape index (κ3) is 6.77. The third-order valence-electron chi connectivity index (χ3n) is 4.97. The standard InChI is InChI=1S/C20H23FN6.2C2H6/c21-18-9-5-4-6-14(18)13-27-25-20(24-26-27)17-12-15(22)10-11-19(17)23-16-7-2-1-3-8-16;2*1-2/h4-6,9-12,16,23H,1-3,7-8,13,22H2;2*1-2H3. The molecule has 3 aromatic rings. The van der Waals surface area contributed by atoms with Gasteiger partial charge in [-0.05, 0) is 42.3 Å². The number of benzene rings is 2. The zero-order chi connectivity index (χ0) is 22.6. The number of nitrogens with two attached hydrogens (primary N) is 1. The molecule has 1 heterocycles. The Morgan fingerprint density at radius 1 is 1.03 bits per heavy atom. The summed E-state index contributed by atoms with van der Waals surface area (Å²) in [5.74, 6) is 0.205. The van der Waals surface area contributed by atoms with E-state index >= 15 is 0 Å². The van der Waals surface area contributed by atoms with Crippen LogP contribution in [0.3, 0.4) is 0 Å². The van der Waals surface area contributed by atoms with Crippen molar-refractivity contribution in [3.05, 3.63) is 53.8 Å². The van der Waals surface area contributed by atoms with Crippen LogP contribution in [0.25, 0.3) is 11.4 Å². The van der Waals surface area contributed by atoms with E-state index in [-0.39, 0.29) is 12.4 Å². The summed E-state index contributed by atoms with van der Waals surface area (Å²) in [7, 11) is 0. The predicted octanol–water partition coefficient (Wildman–Crippen LogP) is 5.91. The fourth-order valence-corrected chi connectivity index (χ4v) is 3.54. The van der Waals surface area contributed by atoms with Crippen molar-refractivity contribution >= 4 is 11.4 Å². The highest BCUT2D eigenvalue weighted by Gasteiger charge is 2.17. The maximum Gasteiger partial charge on any atom is 0.207 e. The number of anilines is 2. The highest BCUT2D eigenvalue weighted by Crippen LogP contribution is 2.30. The molecule has 1 fully saturated rings. The van der Waals surface area contributed by atoms with Gasteiger partial charge in [0.15, 0.2) is 0 Å². The van der Waals surface area contributed by atoms with Gasteiger partial charge in [-0.2, -0.15) is 4.80 Å². The minimum absolute atomic E-state index is 0.230. The molecular formula is C24H35FN6. The van der Waals surface area contributed by atoms with Crippen LogP contribution in [-0.2, 0) is 6.54 Å². The van der Waals surface area contributed by atoms with Gasteiger partial charge in [-0.1, -0.05) is 65.2 Å². The van der Waals surface area contributed by atoms with E-state index in [1.54, 1.807) is 18.2 Å². The van der Waals surface area contributed by atoms with Gasteiger partial charge in [-0.25, -0.2) is 4.39 Å². The number of hydrogen-bond acceptors (Lipinski definition) is 5. The molecule has 0 unspecified atom stereocenters. The lowest BCUT2D eigenvalue weighted by molar-refractivity contribution is 0.463. The van der Waals surface area contributed by atoms with E-state index in [1.165, 1.54) is 30.1 Å². The molecule has 0 spiro atoms. The fraction of sp³-hybridized carbons (Fsp3) is 0.458. The molecule has 1 aliphatic carbocycles. The van der Waals surface area contributed by atoms with Crippen molar-refractivity contribution in [1.82, 2.24) is 20.2 Å². The van der Waals surface area contributed by atoms with Gasteiger partial charge < -0.3 is 11.1 Å². The summed E-state index contributed by atoms with van der Waals surface area (Å²) in [5.41, 5.74) is 8.93. The van der Waals surface area contributed by atoms with Crippen LogP contribution < -0.4 is 11.1 Å². The first kappa shape index (κ1) is 24.3. The van der Waals surface area contributed by atoms with E-state index < -0.39 is 0 Å². The summed E-state index contributed by atoms with van der Waals surface area (Å²) in [5, 5.41) is 16.3. The molecule has 0 aliphatic heterocycles. The fourth-order valence-electron chi connectivity index (χ4n) is 3.54. The molecular weight excluding hydrogens is 391 g/mol. The first-order valence-corrected chi connectivity index (χ1v) is 11.4. The lowest BCUT2D eigenvalue weighted by Crippen LogP contribution is -2.22. The van der Waals surface area contributed by atoms with Crippen molar-refractivity contribution in [2.45, 2.75) is 72.4 Å². The van der Waals surface area contributed by atoms with Crippen LogP contribution in [0.2, 0.25) is 0 Å². The molecule has 0 amide bonds. The molecule has 4 rings (SSSR count). The molecule has 1 saturated carbocycles. The molecule has 0 bridgehead atoms. The molecule has 0 saturated heterocycles. The zero-order valence-electron chi connectivity index (χ0n) is 19.1. The Morgan fingerprint density at radius 3 is 2.45 bits per heavy atom. The molecule has 2 aromatic carbocycles. The number of tetrazole rings is 1. The lowest BCUT2D eigenvalue weighted by atomic mass is 9.95.